The summed E-state index contributed by atoms with van der Waals surface area (Å²) in [5.41, 5.74) is 2.85. The molecule has 0 aromatic heterocycles. The van der Waals surface area contributed by atoms with Crippen molar-refractivity contribution in [2.75, 3.05) is 7.05 Å². The highest BCUT2D eigenvalue weighted by atomic mass is 14.9. The summed E-state index contributed by atoms with van der Waals surface area (Å²) in [5.74, 6) is 0. The summed E-state index contributed by atoms with van der Waals surface area (Å²) in [6, 6.07) is 9.20. The van der Waals surface area contributed by atoms with Crippen LogP contribution in [0.15, 0.2) is 24.3 Å². The summed E-state index contributed by atoms with van der Waals surface area (Å²) in [5, 5.41) is 3.42. The van der Waals surface area contributed by atoms with E-state index in [1.807, 2.05) is 0 Å². The fourth-order valence-corrected chi connectivity index (χ4v) is 2.03. The maximum absolute atomic E-state index is 3.42. The average molecular weight is 205 g/mol. The molecule has 1 aromatic rings. The largest absolute Gasteiger partial charge is 0.313 e. The number of hydrogen-bond acceptors (Lipinski definition) is 1. The Kier molecular flexibility index (Phi) is 5.41. The summed E-state index contributed by atoms with van der Waals surface area (Å²) in [4.78, 5) is 0. The normalized spacial score (nSPS) is 12.7. The van der Waals surface area contributed by atoms with Crippen LogP contribution in [-0.2, 0) is 0 Å². The molecule has 0 amide bonds. The van der Waals surface area contributed by atoms with Gasteiger partial charge in [-0.2, -0.15) is 0 Å². The minimum atomic E-state index is 0.526. The van der Waals surface area contributed by atoms with Crippen molar-refractivity contribution >= 4 is 0 Å². The fourth-order valence-electron chi connectivity index (χ4n) is 2.03. The van der Waals surface area contributed by atoms with E-state index >= 15 is 0 Å². The fraction of sp³-hybridized carbons (Fsp3) is 0.571. The zero-order valence-corrected chi connectivity index (χ0v) is 10.2. The van der Waals surface area contributed by atoms with Crippen molar-refractivity contribution in [1.82, 2.24) is 5.32 Å². The minimum absolute atomic E-state index is 0.526. The summed E-state index contributed by atoms with van der Waals surface area (Å²) in [6.07, 6.45) is 5.19. The first-order valence-corrected chi connectivity index (χ1v) is 6.02. The molecule has 1 nitrogen and oxygen atoms in total. The molecule has 0 saturated heterocycles. The van der Waals surface area contributed by atoms with Crippen LogP contribution in [0.2, 0.25) is 0 Å². The second-order valence-electron chi connectivity index (χ2n) is 4.19. The molecule has 0 radical (unpaired) electrons. The van der Waals surface area contributed by atoms with Crippen LogP contribution in [-0.4, -0.2) is 7.05 Å². The van der Waals surface area contributed by atoms with Gasteiger partial charge in [-0.3, -0.25) is 0 Å². The van der Waals surface area contributed by atoms with Gasteiger partial charge in [0.15, 0.2) is 0 Å². The highest BCUT2D eigenvalue weighted by Gasteiger charge is 2.09. The van der Waals surface area contributed by atoms with Crippen LogP contribution in [0.4, 0.5) is 0 Å². The minimum Gasteiger partial charge on any atom is -0.313 e. The maximum atomic E-state index is 3.42. The molecule has 1 heteroatoms. The van der Waals surface area contributed by atoms with Gasteiger partial charge < -0.3 is 5.32 Å². The van der Waals surface area contributed by atoms with Gasteiger partial charge >= 0.3 is 0 Å². The van der Waals surface area contributed by atoms with Crippen molar-refractivity contribution < 1.29 is 0 Å². The summed E-state index contributed by atoms with van der Waals surface area (Å²) in [6.45, 7) is 4.45. The molecular weight excluding hydrogens is 182 g/mol. The van der Waals surface area contributed by atoms with Gasteiger partial charge in [0, 0.05) is 6.04 Å². The van der Waals surface area contributed by atoms with Crippen LogP contribution >= 0.6 is 0 Å². The predicted molar refractivity (Wildman–Crippen MR) is 67.1 cm³/mol. The zero-order valence-electron chi connectivity index (χ0n) is 10.2. The Bertz CT molecular complexity index is 280. The topological polar surface area (TPSA) is 12.0 Å². The van der Waals surface area contributed by atoms with Gasteiger partial charge in [-0.25, -0.2) is 0 Å². The molecule has 0 saturated carbocycles. The Morgan fingerprint density at radius 3 is 2.53 bits per heavy atom. The molecular formula is C14H23N. The summed E-state index contributed by atoms with van der Waals surface area (Å²) < 4.78 is 0. The molecule has 1 rings (SSSR count). The smallest absolute Gasteiger partial charge is 0.0320 e. The van der Waals surface area contributed by atoms with Crippen LogP contribution in [0.5, 0.6) is 0 Å². The van der Waals surface area contributed by atoms with Gasteiger partial charge in [-0.1, -0.05) is 50.5 Å². The third-order valence-corrected chi connectivity index (χ3v) is 3.01. The molecule has 1 atom stereocenters. The molecule has 0 spiro atoms. The Balaban J connectivity index is 2.61. The van der Waals surface area contributed by atoms with Crippen molar-refractivity contribution in [1.29, 1.82) is 0 Å². The van der Waals surface area contributed by atoms with Gasteiger partial charge in [0.05, 0.1) is 0 Å². The number of nitrogens with one attached hydrogen (secondary N) is 1. The molecule has 1 unspecified atom stereocenters. The molecule has 0 aliphatic carbocycles. The highest BCUT2D eigenvalue weighted by Crippen LogP contribution is 2.22. The van der Waals surface area contributed by atoms with E-state index in [1.165, 1.54) is 36.8 Å². The monoisotopic (exact) mass is 205 g/mol. The van der Waals surface area contributed by atoms with Crippen LogP contribution in [0.3, 0.4) is 0 Å². The van der Waals surface area contributed by atoms with Crippen molar-refractivity contribution in [2.45, 2.75) is 45.6 Å². The first kappa shape index (κ1) is 12.3. The van der Waals surface area contributed by atoms with E-state index in [2.05, 4.69) is 50.5 Å². The molecule has 1 aromatic carbocycles. The van der Waals surface area contributed by atoms with E-state index in [4.69, 9.17) is 0 Å². The molecule has 0 heterocycles. The zero-order chi connectivity index (χ0) is 11.1. The van der Waals surface area contributed by atoms with Crippen LogP contribution in [0, 0.1) is 6.92 Å². The van der Waals surface area contributed by atoms with Gasteiger partial charge in [0.2, 0.25) is 0 Å². The van der Waals surface area contributed by atoms with Crippen LogP contribution < -0.4 is 5.32 Å². The quantitative estimate of drug-likeness (QED) is 0.696. The van der Waals surface area contributed by atoms with Crippen molar-refractivity contribution in [3.8, 4) is 0 Å². The van der Waals surface area contributed by atoms with Gasteiger partial charge in [0.25, 0.3) is 0 Å². The van der Waals surface area contributed by atoms with E-state index in [-0.39, 0.29) is 0 Å². The van der Waals surface area contributed by atoms with E-state index in [1.54, 1.807) is 0 Å². The van der Waals surface area contributed by atoms with E-state index in [0.717, 1.165) is 0 Å². The third-order valence-electron chi connectivity index (χ3n) is 3.01. The molecule has 0 aliphatic rings. The number of rotatable bonds is 6. The number of aryl methyl sites for hydroxylation is 1. The first-order chi connectivity index (χ1) is 7.29. The maximum Gasteiger partial charge on any atom is 0.0320 e. The first-order valence-electron chi connectivity index (χ1n) is 6.02. The number of benzene rings is 1. The molecule has 0 bridgehead atoms. The number of unbranched alkanes of at least 4 members (excludes halogenated alkanes) is 2. The van der Waals surface area contributed by atoms with Crippen LogP contribution in [0.1, 0.15) is 49.8 Å². The molecule has 15 heavy (non-hydrogen) atoms. The second kappa shape index (κ2) is 6.62. The lowest BCUT2D eigenvalue weighted by Gasteiger charge is -2.18. The molecule has 1 N–H and O–H groups in total. The molecule has 0 aliphatic heterocycles. The van der Waals surface area contributed by atoms with Crippen LogP contribution in [0.25, 0.3) is 0 Å². The van der Waals surface area contributed by atoms with E-state index in [9.17, 15) is 0 Å². The van der Waals surface area contributed by atoms with Gasteiger partial charge in [-0.15, -0.1) is 0 Å². The molecule has 84 valence electrons. The Morgan fingerprint density at radius 2 is 1.93 bits per heavy atom. The molecule has 0 fully saturated rings. The standard InChI is InChI=1S/C14H23N/c1-4-5-6-11-14(15-3)13-10-8-7-9-12(13)2/h7-10,14-15H,4-6,11H2,1-3H3. The Labute approximate surface area is 93.9 Å². The van der Waals surface area contributed by atoms with Crippen molar-refractivity contribution in [2.24, 2.45) is 0 Å². The summed E-state index contributed by atoms with van der Waals surface area (Å²) >= 11 is 0. The average Bonchev–Trinajstić information content (AvgIpc) is 2.26. The second-order valence-corrected chi connectivity index (χ2v) is 4.19. The van der Waals surface area contributed by atoms with Crippen molar-refractivity contribution in [3.05, 3.63) is 35.4 Å². The third kappa shape index (κ3) is 3.67. The van der Waals surface area contributed by atoms with Gasteiger partial charge in [-0.05, 0) is 31.5 Å². The van der Waals surface area contributed by atoms with Gasteiger partial charge in [0.1, 0.15) is 0 Å². The SMILES string of the molecule is CCCCCC(NC)c1ccccc1C. The van der Waals surface area contributed by atoms with Crippen molar-refractivity contribution in [3.63, 3.8) is 0 Å². The lowest BCUT2D eigenvalue weighted by atomic mass is 9.97. The number of hydrogen-bond donors (Lipinski definition) is 1. The lowest BCUT2D eigenvalue weighted by molar-refractivity contribution is 0.510. The Hall–Kier alpha value is -0.820. The summed E-state index contributed by atoms with van der Waals surface area (Å²) in [7, 11) is 2.06. The highest BCUT2D eigenvalue weighted by molar-refractivity contribution is 5.28. The van der Waals surface area contributed by atoms with E-state index < -0.39 is 0 Å². The van der Waals surface area contributed by atoms with E-state index in [0.29, 0.717) is 6.04 Å². The predicted octanol–water partition coefficient (Wildman–Crippen LogP) is 3.84. The lowest BCUT2D eigenvalue weighted by Crippen LogP contribution is -2.17. The Morgan fingerprint density at radius 1 is 1.20 bits per heavy atom.